The molecule has 0 bridgehead atoms. The average Bonchev–Trinajstić information content (AvgIpc) is 2.25. The van der Waals surface area contributed by atoms with Crippen molar-refractivity contribution in [3.63, 3.8) is 0 Å². The third-order valence-corrected chi connectivity index (χ3v) is 1.93. The summed E-state index contributed by atoms with van der Waals surface area (Å²) in [5, 5.41) is 2.93. The molecule has 0 heterocycles. The van der Waals surface area contributed by atoms with E-state index in [9.17, 15) is 4.39 Å². The van der Waals surface area contributed by atoms with E-state index >= 15 is 0 Å². The molecule has 5 heteroatoms. The van der Waals surface area contributed by atoms with Gasteiger partial charge in [0.05, 0.1) is 6.54 Å². The summed E-state index contributed by atoms with van der Waals surface area (Å²) in [6, 6.07) is 6.55. The van der Waals surface area contributed by atoms with Gasteiger partial charge in [-0.1, -0.05) is 25.1 Å². The summed E-state index contributed by atoms with van der Waals surface area (Å²) in [6.45, 7) is 3.10. The van der Waals surface area contributed by atoms with E-state index in [2.05, 4.69) is 10.3 Å². The summed E-state index contributed by atoms with van der Waals surface area (Å²) in [5.74, 6) is 0.115. The van der Waals surface area contributed by atoms with Gasteiger partial charge in [0, 0.05) is 12.1 Å². The van der Waals surface area contributed by atoms with Crippen LogP contribution >= 0.6 is 24.0 Å². The molecule has 0 saturated heterocycles. The predicted molar refractivity (Wildman–Crippen MR) is 75.4 cm³/mol. The Morgan fingerprint density at radius 3 is 2.75 bits per heavy atom. The summed E-state index contributed by atoms with van der Waals surface area (Å²) in [5.41, 5.74) is 6.13. The highest BCUT2D eigenvalue weighted by Crippen LogP contribution is 2.06. The van der Waals surface area contributed by atoms with Crippen LogP contribution in [0.25, 0.3) is 0 Å². The molecule has 0 fully saturated rings. The number of hydrogen-bond donors (Lipinski definition) is 2. The summed E-state index contributed by atoms with van der Waals surface area (Å²) < 4.78 is 13.2. The number of hydrogen-bond acceptors (Lipinski definition) is 1. The van der Waals surface area contributed by atoms with Gasteiger partial charge in [-0.15, -0.1) is 24.0 Å². The SMILES string of the molecule is CCCNC(N)=NCc1ccccc1F.I. The summed E-state index contributed by atoms with van der Waals surface area (Å²) >= 11 is 0. The van der Waals surface area contributed by atoms with Gasteiger partial charge in [0.1, 0.15) is 5.82 Å². The van der Waals surface area contributed by atoms with Crippen molar-refractivity contribution in [2.75, 3.05) is 6.54 Å². The summed E-state index contributed by atoms with van der Waals surface area (Å²) in [6.07, 6.45) is 0.982. The maximum atomic E-state index is 13.2. The number of nitrogens with zero attached hydrogens (tertiary/aromatic N) is 1. The van der Waals surface area contributed by atoms with Gasteiger partial charge in [-0.2, -0.15) is 0 Å². The number of nitrogens with one attached hydrogen (secondary N) is 1. The Bertz CT molecular complexity index is 342. The fourth-order valence-corrected chi connectivity index (χ4v) is 1.11. The zero-order valence-corrected chi connectivity index (χ0v) is 11.6. The van der Waals surface area contributed by atoms with Crippen LogP contribution in [0.15, 0.2) is 29.3 Å². The third kappa shape index (κ3) is 5.29. The lowest BCUT2D eigenvalue weighted by atomic mass is 10.2. The second-order valence-electron chi connectivity index (χ2n) is 3.22. The van der Waals surface area contributed by atoms with Crippen LogP contribution in [-0.4, -0.2) is 12.5 Å². The fraction of sp³-hybridized carbons (Fsp3) is 0.364. The molecule has 0 unspecified atom stereocenters. The molecular formula is C11H17FIN3. The molecule has 0 spiro atoms. The van der Waals surface area contributed by atoms with Crippen molar-refractivity contribution in [2.45, 2.75) is 19.9 Å². The van der Waals surface area contributed by atoms with Crippen molar-refractivity contribution < 1.29 is 4.39 Å². The number of nitrogens with two attached hydrogens (primary N) is 1. The molecule has 0 amide bonds. The maximum absolute atomic E-state index is 13.2. The Morgan fingerprint density at radius 1 is 1.44 bits per heavy atom. The molecule has 1 aromatic rings. The average molecular weight is 337 g/mol. The minimum atomic E-state index is -0.246. The molecule has 0 aliphatic heterocycles. The standard InChI is InChI=1S/C11H16FN3.HI/c1-2-7-14-11(13)15-8-9-5-3-4-6-10(9)12;/h3-6H,2,7-8H2,1H3,(H3,13,14,15);1H. The first-order valence-electron chi connectivity index (χ1n) is 5.01. The van der Waals surface area contributed by atoms with Gasteiger partial charge in [-0.3, -0.25) is 0 Å². The second-order valence-corrected chi connectivity index (χ2v) is 3.22. The molecule has 3 nitrogen and oxygen atoms in total. The molecule has 0 radical (unpaired) electrons. The molecule has 0 atom stereocenters. The van der Waals surface area contributed by atoms with Crippen molar-refractivity contribution in [2.24, 2.45) is 10.7 Å². The Morgan fingerprint density at radius 2 is 2.12 bits per heavy atom. The highest BCUT2D eigenvalue weighted by Gasteiger charge is 1.98. The van der Waals surface area contributed by atoms with Gasteiger partial charge >= 0.3 is 0 Å². The number of rotatable bonds is 4. The van der Waals surface area contributed by atoms with Gasteiger partial charge in [-0.05, 0) is 12.5 Å². The lowest BCUT2D eigenvalue weighted by Gasteiger charge is -2.03. The largest absolute Gasteiger partial charge is 0.370 e. The normalized spacial score (nSPS) is 10.8. The molecule has 3 N–H and O–H groups in total. The molecule has 0 aromatic heterocycles. The molecule has 0 aliphatic carbocycles. The van der Waals surface area contributed by atoms with Gasteiger partial charge in [0.25, 0.3) is 0 Å². The molecule has 90 valence electrons. The number of benzene rings is 1. The van der Waals surface area contributed by atoms with Crippen molar-refractivity contribution >= 4 is 29.9 Å². The van der Waals surface area contributed by atoms with E-state index in [0.717, 1.165) is 13.0 Å². The zero-order chi connectivity index (χ0) is 11.1. The summed E-state index contributed by atoms with van der Waals surface area (Å²) in [4.78, 5) is 4.04. The second kappa shape index (κ2) is 8.32. The van der Waals surface area contributed by atoms with Crippen LogP contribution in [0.2, 0.25) is 0 Å². The minimum absolute atomic E-state index is 0. The first kappa shape index (κ1) is 15.2. The van der Waals surface area contributed by atoms with E-state index in [1.165, 1.54) is 6.07 Å². The highest BCUT2D eigenvalue weighted by atomic mass is 127. The van der Waals surface area contributed by atoms with Gasteiger partial charge in [-0.25, -0.2) is 9.38 Å². The van der Waals surface area contributed by atoms with Crippen molar-refractivity contribution in [3.05, 3.63) is 35.6 Å². The van der Waals surface area contributed by atoms with Crippen LogP contribution in [0, 0.1) is 5.82 Å². The smallest absolute Gasteiger partial charge is 0.188 e. The van der Waals surface area contributed by atoms with Crippen molar-refractivity contribution in [1.82, 2.24) is 5.32 Å². The summed E-state index contributed by atoms with van der Waals surface area (Å²) in [7, 11) is 0. The number of guanidine groups is 1. The van der Waals surface area contributed by atoms with E-state index in [0.29, 0.717) is 11.5 Å². The van der Waals surface area contributed by atoms with Crippen LogP contribution in [0.1, 0.15) is 18.9 Å². The first-order valence-corrected chi connectivity index (χ1v) is 5.01. The van der Waals surface area contributed by atoms with Crippen LogP contribution in [0.3, 0.4) is 0 Å². The Balaban J connectivity index is 0.00000225. The molecule has 1 rings (SSSR count). The Kier molecular flexibility index (Phi) is 7.88. The number of aliphatic imine (C=N–C) groups is 1. The molecule has 0 saturated carbocycles. The van der Waals surface area contributed by atoms with Crippen LogP contribution in [-0.2, 0) is 6.54 Å². The maximum Gasteiger partial charge on any atom is 0.188 e. The van der Waals surface area contributed by atoms with Crippen LogP contribution < -0.4 is 11.1 Å². The quantitative estimate of drug-likeness (QED) is 0.503. The molecular weight excluding hydrogens is 320 g/mol. The van der Waals surface area contributed by atoms with E-state index < -0.39 is 0 Å². The first-order chi connectivity index (χ1) is 7.24. The highest BCUT2D eigenvalue weighted by molar-refractivity contribution is 14.0. The van der Waals surface area contributed by atoms with E-state index in [4.69, 9.17) is 5.73 Å². The molecule has 1 aromatic carbocycles. The lowest BCUT2D eigenvalue weighted by molar-refractivity contribution is 0.610. The van der Waals surface area contributed by atoms with Crippen LogP contribution in [0.4, 0.5) is 4.39 Å². The third-order valence-electron chi connectivity index (χ3n) is 1.93. The van der Waals surface area contributed by atoms with E-state index in [1.54, 1.807) is 18.2 Å². The molecule has 0 aliphatic rings. The Labute approximate surface area is 112 Å². The molecule has 16 heavy (non-hydrogen) atoms. The van der Waals surface area contributed by atoms with Crippen molar-refractivity contribution in [3.8, 4) is 0 Å². The van der Waals surface area contributed by atoms with Gasteiger partial charge < -0.3 is 11.1 Å². The van der Waals surface area contributed by atoms with E-state index in [1.807, 2.05) is 6.92 Å². The zero-order valence-electron chi connectivity index (χ0n) is 9.24. The Hall–Kier alpha value is -0.850. The van der Waals surface area contributed by atoms with Crippen molar-refractivity contribution in [1.29, 1.82) is 0 Å². The monoisotopic (exact) mass is 337 g/mol. The van der Waals surface area contributed by atoms with Gasteiger partial charge in [0.2, 0.25) is 0 Å². The van der Waals surface area contributed by atoms with Crippen LogP contribution in [0.5, 0.6) is 0 Å². The van der Waals surface area contributed by atoms with E-state index in [-0.39, 0.29) is 36.3 Å². The topological polar surface area (TPSA) is 50.4 Å². The van der Waals surface area contributed by atoms with Gasteiger partial charge in [0.15, 0.2) is 5.96 Å². The predicted octanol–water partition coefficient (Wildman–Crippen LogP) is 2.26. The lowest BCUT2D eigenvalue weighted by Crippen LogP contribution is -2.32. The minimum Gasteiger partial charge on any atom is -0.370 e. The fourth-order valence-electron chi connectivity index (χ4n) is 1.11. The number of halogens is 2.